The quantitative estimate of drug-likeness (QED) is 0.615. The lowest BCUT2D eigenvalue weighted by atomic mass is 9.97. The van der Waals surface area contributed by atoms with Gasteiger partial charge in [0.25, 0.3) is 11.8 Å². The first-order chi connectivity index (χ1) is 14.3. The van der Waals surface area contributed by atoms with Crippen molar-refractivity contribution in [3.05, 3.63) is 59.7 Å². The number of para-hydroxylation sites is 1. The van der Waals surface area contributed by atoms with Gasteiger partial charge in [0, 0.05) is 11.3 Å². The number of methoxy groups -OCH3 is 1. The van der Waals surface area contributed by atoms with Crippen molar-refractivity contribution < 1.29 is 23.9 Å². The monoisotopic (exact) mass is 412 g/mol. The number of rotatable bonds is 9. The maximum absolute atomic E-state index is 12.4. The second-order valence-corrected chi connectivity index (χ2v) is 6.93. The van der Waals surface area contributed by atoms with Crippen LogP contribution in [0.1, 0.15) is 49.0 Å². The van der Waals surface area contributed by atoms with Gasteiger partial charge in [-0.05, 0) is 55.2 Å². The van der Waals surface area contributed by atoms with Crippen LogP contribution < -0.4 is 15.4 Å². The zero-order valence-electron chi connectivity index (χ0n) is 17.7. The molecule has 7 heteroatoms. The van der Waals surface area contributed by atoms with Crippen molar-refractivity contribution >= 4 is 23.5 Å². The highest BCUT2D eigenvalue weighted by Gasteiger charge is 2.20. The average Bonchev–Trinajstić information content (AvgIpc) is 2.77. The van der Waals surface area contributed by atoms with E-state index >= 15 is 0 Å². The largest absolute Gasteiger partial charge is 0.497 e. The van der Waals surface area contributed by atoms with Gasteiger partial charge in [0.15, 0.2) is 6.10 Å². The molecule has 0 saturated carbocycles. The van der Waals surface area contributed by atoms with Crippen LogP contribution in [0.5, 0.6) is 5.75 Å². The van der Waals surface area contributed by atoms with Crippen LogP contribution in [-0.2, 0) is 14.3 Å². The molecule has 160 valence electrons. The molecule has 0 spiro atoms. The number of benzene rings is 2. The van der Waals surface area contributed by atoms with Crippen molar-refractivity contribution in [1.82, 2.24) is 5.32 Å². The molecule has 2 rings (SSSR count). The predicted molar refractivity (Wildman–Crippen MR) is 115 cm³/mol. The van der Waals surface area contributed by atoms with Gasteiger partial charge in [-0.15, -0.1) is 0 Å². The number of hydrogen-bond donors (Lipinski definition) is 2. The summed E-state index contributed by atoms with van der Waals surface area (Å²) in [6, 6.07) is 14.0. The van der Waals surface area contributed by atoms with Gasteiger partial charge in [-0.2, -0.15) is 0 Å². The SMILES string of the molecule is CC[C@@H](C)c1ccccc1NC(=O)[C@@H](C)OC(=O)CNC(=O)c1ccc(OC)cc1. The number of hydrogen-bond acceptors (Lipinski definition) is 5. The van der Waals surface area contributed by atoms with Gasteiger partial charge >= 0.3 is 5.97 Å². The summed E-state index contributed by atoms with van der Waals surface area (Å²) in [5.41, 5.74) is 2.11. The number of amides is 2. The molecular formula is C23H28N2O5. The van der Waals surface area contributed by atoms with E-state index in [-0.39, 0.29) is 12.5 Å². The number of nitrogens with one attached hydrogen (secondary N) is 2. The van der Waals surface area contributed by atoms with E-state index in [0.29, 0.717) is 17.0 Å². The molecule has 0 aliphatic carbocycles. The molecule has 2 N–H and O–H groups in total. The second kappa shape index (κ2) is 11.0. The van der Waals surface area contributed by atoms with Crippen LogP contribution in [-0.4, -0.2) is 37.5 Å². The van der Waals surface area contributed by atoms with E-state index in [0.717, 1.165) is 12.0 Å². The van der Waals surface area contributed by atoms with Gasteiger partial charge in [-0.1, -0.05) is 32.0 Å². The van der Waals surface area contributed by atoms with Crippen LogP contribution in [0.15, 0.2) is 48.5 Å². The molecule has 2 amide bonds. The molecule has 2 atom stereocenters. The Morgan fingerprint density at radius 2 is 1.67 bits per heavy atom. The predicted octanol–water partition coefficient (Wildman–Crippen LogP) is 3.51. The van der Waals surface area contributed by atoms with Crippen LogP contribution in [0.2, 0.25) is 0 Å². The average molecular weight is 412 g/mol. The van der Waals surface area contributed by atoms with Crippen LogP contribution >= 0.6 is 0 Å². The minimum atomic E-state index is -1.000. The Kier molecular flexibility index (Phi) is 8.41. The van der Waals surface area contributed by atoms with Gasteiger partial charge in [-0.25, -0.2) is 0 Å². The van der Waals surface area contributed by atoms with Gasteiger partial charge in [-0.3, -0.25) is 14.4 Å². The first kappa shape index (κ1) is 22.9. The summed E-state index contributed by atoms with van der Waals surface area (Å²) in [5.74, 6) is -0.641. The lowest BCUT2D eigenvalue weighted by Gasteiger charge is -2.18. The van der Waals surface area contributed by atoms with Crippen molar-refractivity contribution in [2.75, 3.05) is 19.0 Å². The topological polar surface area (TPSA) is 93.7 Å². The number of anilines is 1. The summed E-state index contributed by atoms with van der Waals surface area (Å²) < 4.78 is 10.2. The molecule has 0 unspecified atom stereocenters. The van der Waals surface area contributed by atoms with Crippen molar-refractivity contribution in [2.45, 2.75) is 39.2 Å². The van der Waals surface area contributed by atoms with E-state index < -0.39 is 23.9 Å². The van der Waals surface area contributed by atoms with E-state index in [1.165, 1.54) is 14.0 Å². The standard InChI is InChI=1S/C23H28N2O5/c1-5-15(2)19-8-6-7-9-20(19)25-22(27)16(3)30-21(26)14-24-23(28)17-10-12-18(29-4)13-11-17/h6-13,15-16H,5,14H2,1-4H3,(H,24,28)(H,25,27)/t15-,16-/m1/s1. The molecule has 2 aromatic rings. The Balaban J connectivity index is 1.86. The van der Waals surface area contributed by atoms with Crippen LogP contribution in [0.3, 0.4) is 0 Å². The molecular weight excluding hydrogens is 384 g/mol. The fraction of sp³-hybridized carbons (Fsp3) is 0.348. The summed E-state index contributed by atoms with van der Waals surface area (Å²) in [5, 5.41) is 5.29. The van der Waals surface area contributed by atoms with Gasteiger partial charge in [0.1, 0.15) is 12.3 Å². The minimum absolute atomic E-state index is 0.285. The highest BCUT2D eigenvalue weighted by Crippen LogP contribution is 2.26. The molecule has 0 fully saturated rings. The normalized spacial score (nSPS) is 12.4. The fourth-order valence-corrected chi connectivity index (χ4v) is 2.78. The lowest BCUT2D eigenvalue weighted by Crippen LogP contribution is -2.36. The van der Waals surface area contributed by atoms with E-state index in [4.69, 9.17) is 9.47 Å². The zero-order chi connectivity index (χ0) is 22.1. The molecule has 0 bridgehead atoms. The minimum Gasteiger partial charge on any atom is -0.497 e. The Hall–Kier alpha value is -3.35. The molecule has 0 aliphatic heterocycles. The molecule has 0 aliphatic rings. The Morgan fingerprint density at radius 3 is 2.30 bits per heavy atom. The maximum atomic E-state index is 12.4. The smallest absolute Gasteiger partial charge is 0.326 e. The third-order valence-electron chi connectivity index (χ3n) is 4.78. The van der Waals surface area contributed by atoms with Crippen molar-refractivity contribution in [2.24, 2.45) is 0 Å². The molecule has 0 saturated heterocycles. The van der Waals surface area contributed by atoms with Crippen molar-refractivity contribution in [3.8, 4) is 5.75 Å². The summed E-state index contributed by atoms with van der Waals surface area (Å²) in [6.45, 7) is 5.31. The summed E-state index contributed by atoms with van der Waals surface area (Å²) >= 11 is 0. The van der Waals surface area contributed by atoms with E-state index in [9.17, 15) is 14.4 Å². The number of esters is 1. The Bertz CT molecular complexity index is 879. The van der Waals surface area contributed by atoms with Crippen LogP contribution in [0.4, 0.5) is 5.69 Å². The molecule has 0 radical (unpaired) electrons. The van der Waals surface area contributed by atoms with Crippen molar-refractivity contribution in [1.29, 1.82) is 0 Å². The highest BCUT2D eigenvalue weighted by atomic mass is 16.5. The molecule has 30 heavy (non-hydrogen) atoms. The second-order valence-electron chi connectivity index (χ2n) is 6.93. The van der Waals surface area contributed by atoms with Gasteiger partial charge in [0.2, 0.25) is 0 Å². The van der Waals surface area contributed by atoms with Gasteiger partial charge < -0.3 is 20.1 Å². The maximum Gasteiger partial charge on any atom is 0.326 e. The number of carbonyl (C=O) groups excluding carboxylic acids is 3. The molecule has 0 heterocycles. The fourth-order valence-electron chi connectivity index (χ4n) is 2.78. The third-order valence-corrected chi connectivity index (χ3v) is 4.78. The van der Waals surface area contributed by atoms with E-state index in [1.54, 1.807) is 24.3 Å². The summed E-state index contributed by atoms with van der Waals surface area (Å²) in [6.07, 6.45) is -0.0638. The summed E-state index contributed by atoms with van der Waals surface area (Å²) in [4.78, 5) is 36.6. The van der Waals surface area contributed by atoms with E-state index in [1.807, 2.05) is 24.3 Å². The number of carbonyl (C=O) groups is 3. The molecule has 0 aromatic heterocycles. The zero-order valence-corrected chi connectivity index (χ0v) is 17.7. The summed E-state index contributed by atoms with van der Waals surface area (Å²) in [7, 11) is 1.53. The van der Waals surface area contributed by atoms with Crippen molar-refractivity contribution in [3.63, 3.8) is 0 Å². The van der Waals surface area contributed by atoms with Crippen LogP contribution in [0.25, 0.3) is 0 Å². The third kappa shape index (κ3) is 6.34. The highest BCUT2D eigenvalue weighted by molar-refractivity contribution is 5.97. The van der Waals surface area contributed by atoms with E-state index in [2.05, 4.69) is 24.5 Å². The molecule has 7 nitrogen and oxygen atoms in total. The first-order valence-corrected chi connectivity index (χ1v) is 9.87. The Labute approximate surface area is 176 Å². The number of ether oxygens (including phenoxy) is 2. The first-order valence-electron chi connectivity index (χ1n) is 9.87. The Morgan fingerprint density at radius 1 is 1.00 bits per heavy atom. The lowest BCUT2D eigenvalue weighted by molar-refractivity contribution is -0.152. The molecule has 2 aromatic carbocycles. The van der Waals surface area contributed by atoms with Crippen LogP contribution in [0, 0.1) is 0 Å². The van der Waals surface area contributed by atoms with Gasteiger partial charge in [0.05, 0.1) is 7.11 Å².